The maximum absolute atomic E-state index is 12.4. The minimum atomic E-state index is 0.236. The summed E-state index contributed by atoms with van der Waals surface area (Å²) >= 11 is 0. The van der Waals surface area contributed by atoms with Crippen LogP contribution in [0.4, 0.5) is 0 Å². The van der Waals surface area contributed by atoms with E-state index in [0.717, 1.165) is 37.9 Å². The number of likely N-dealkylation sites (N-methyl/N-ethyl adjacent to an activating group) is 1. The van der Waals surface area contributed by atoms with E-state index in [9.17, 15) is 4.79 Å². The van der Waals surface area contributed by atoms with Gasteiger partial charge < -0.3 is 10.2 Å². The summed E-state index contributed by atoms with van der Waals surface area (Å²) in [7, 11) is 1.96. The average molecular weight is 274 g/mol. The second-order valence-corrected chi connectivity index (χ2v) is 5.93. The molecular formula is C17H26N2O. The van der Waals surface area contributed by atoms with Crippen molar-refractivity contribution in [3.63, 3.8) is 0 Å². The van der Waals surface area contributed by atoms with E-state index in [1.54, 1.807) is 0 Å². The third-order valence-corrected chi connectivity index (χ3v) is 4.41. The van der Waals surface area contributed by atoms with E-state index >= 15 is 0 Å². The second kappa shape index (κ2) is 6.89. The van der Waals surface area contributed by atoms with E-state index in [2.05, 4.69) is 37.4 Å². The SMILES string of the molecule is Cc1ccc(CC(=O)N(C)C2CCCNCC2)cc1C. The van der Waals surface area contributed by atoms with Crippen molar-refractivity contribution in [3.8, 4) is 0 Å². The Morgan fingerprint density at radius 2 is 2.05 bits per heavy atom. The first kappa shape index (κ1) is 15.0. The van der Waals surface area contributed by atoms with Crippen molar-refractivity contribution in [2.75, 3.05) is 20.1 Å². The van der Waals surface area contributed by atoms with Crippen LogP contribution in [0, 0.1) is 13.8 Å². The Morgan fingerprint density at radius 3 is 2.80 bits per heavy atom. The topological polar surface area (TPSA) is 32.3 Å². The number of carbonyl (C=O) groups excluding carboxylic acids is 1. The Balaban J connectivity index is 1.97. The highest BCUT2D eigenvalue weighted by Crippen LogP contribution is 2.15. The highest BCUT2D eigenvalue weighted by Gasteiger charge is 2.21. The lowest BCUT2D eigenvalue weighted by Gasteiger charge is -2.27. The van der Waals surface area contributed by atoms with Crippen molar-refractivity contribution < 1.29 is 4.79 Å². The molecule has 1 unspecified atom stereocenters. The predicted octanol–water partition coefficient (Wildman–Crippen LogP) is 2.45. The van der Waals surface area contributed by atoms with Crippen LogP contribution in [0.2, 0.25) is 0 Å². The van der Waals surface area contributed by atoms with E-state index in [-0.39, 0.29) is 5.91 Å². The van der Waals surface area contributed by atoms with Gasteiger partial charge in [-0.3, -0.25) is 4.79 Å². The van der Waals surface area contributed by atoms with Crippen LogP contribution < -0.4 is 5.32 Å². The standard InChI is InChI=1S/C17H26N2O/c1-13-6-7-15(11-14(13)2)12-17(20)19(3)16-5-4-9-18-10-8-16/h6-7,11,16,18H,4-5,8-10,12H2,1-3H3. The lowest BCUT2D eigenvalue weighted by atomic mass is 10.0. The van der Waals surface area contributed by atoms with Crippen molar-refractivity contribution in [1.29, 1.82) is 0 Å². The number of benzene rings is 1. The van der Waals surface area contributed by atoms with Gasteiger partial charge in [-0.15, -0.1) is 0 Å². The van der Waals surface area contributed by atoms with Crippen molar-refractivity contribution in [1.82, 2.24) is 10.2 Å². The third-order valence-electron chi connectivity index (χ3n) is 4.41. The summed E-state index contributed by atoms with van der Waals surface area (Å²) in [5.74, 6) is 0.236. The maximum atomic E-state index is 12.4. The second-order valence-electron chi connectivity index (χ2n) is 5.93. The molecule has 3 nitrogen and oxygen atoms in total. The van der Waals surface area contributed by atoms with E-state index in [1.807, 2.05) is 11.9 Å². The fourth-order valence-electron chi connectivity index (χ4n) is 2.80. The molecule has 1 saturated heterocycles. The number of nitrogens with zero attached hydrogens (tertiary/aromatic N) is 1. The zero-order valence-corrected chi connectivity index (χ0v) is 12.9. The maximum Gasteiger partial charge on any atom is 0.226 e. The van der Waals surface area contributed by atoms with Gasteiger partial charge in [-0.1, -0.05) is 18.2 Å². The Kier molecular flexibility index (Phi) is 5.18. The minimum absolute atomic E-state index is 0.236. The Morgan fingerprint density at radius 1 is 1.25 bits per heavy atom. The Labute approximate surface area is 122 Å². The molecule has 0 bridgehead atoms. The number of carbonyl (C=O) groups is 1. The number of rotatable bonds is 3. The Hall–Kier alpha value is -1.35. The van der Waals surface area contributed by atoms with Gasteiger partial charge in [-0.25, -0.2) is 0 Å². The summed E-state index contributed by atoms with van der Waals surface area (Å²) in [5.41, 5.74) is 3.66. The number of nitrogens with one attached hydrogen (secondary N) is 1. The molecule has 1 aliphatic heterocycles. The smallest absolute Gasteiger partial charge is 0.226 e. The first-order valence-corrected chi connectivity index (χ1v) is 7.60. The molecule has 1 aromatic rings. The zero-order valence-electron chi connectivity index (χ0n) is 12.9. The van der Waals surface area contributed by atoms with Gasteiger partial charge in [0.2, 0.25) is 5.91 Å². The van der Waals surface area contributed by atoms with Gasteiger partial charge in [-0.2, -0.15) is 0 Å². The van der Waals surface area contributed by atoms with Crippen molar-refractivity contribution in [2.24, 2.45) is 0 Å². The number of aryl methyl sites for hydroxylation is 2. The fraction of sp³-hybridized carbons (Fsp3) is 0.588. The molecule has 1 heterocycles. The molecule has 0 aliphatic carbocycles. The molecule has 1 amide bonds. The molecule has 1 N–H and O–H groups in total. The summed E-state index contributed by atoms with van der Waals surface area (Å²) in [6, 6.07) is 6.70. The third kappa shape index (κ3) is 3.83. The zero-order chi connectivity index (χ0) is 14.5. The van der Waals surface area contributed by atoms with Gasteiger partial charge >= 0.3 is 0 Å². The van der Waals surface area contributed by atoms with Crippen LogP contribution in [0.1, 0.15) is 36.0 Å². The summed E-state index contributed by atoms with van der Waals surface area (Å²) in [4.78, 5) is 14.4. The van der Waals surface area contributed by atoms with Gasteiger partial charge in [-0.05, 0) is 62.9 Å². The van der Waals surface area contributed by atoms with Crippen molar-refractivity contribution in [3.05, 3.63) is 34.9 Å². The molecule has 0 spiro atoms. The monoisotopic (exact) mass is 274 g/mol. The van der Waals surface area contributed by atoms with E-state index < -0.39 is 0 Å². The average Bonchev–Trinajstić information content (AvgIpc) is 2.71. The van der Waals surface area contributed by atoms with Crippen molar-refractivity contribution >= 4 is 5.91 Å². The van der Waals surface area contributed by atoms with Gasteiger partial charge in [0.25, 0.3) is 0 Å². The van der Waals surface area contributed by atoms with Crippen LogP contribution in [0.25, 0.3) is 0 Å². The summed E-state index contributed by atoms with van der Waals surface area (Å²) in [5, 5.41) is 3.40. The fourth-order valence-corrected chi connectivity index (χ4v) is 2.80. The van der Waals surface area contributed by atoms with Gasteiger partial charge in [0.15, 0.2) is 0 Å². The van der Waals surface area contributed by atoms with Crippen LogP contribution >= 0.6 is 0 Å². The summed E-state index contributed by atoms with van der Waals surface area (Å²) < 4.78 is 0. The van der Waals surface area contributed by atoms with Gasteiger partial charge in [0.1, 0.15) is 0 Å². The minimum Gasteiger partial charge on any atom is -0.342 e. The quantitative estimate of drug-likeness (QED) is 0.918. The van der Waals surface area contributed by atoms with Crippen LogP contribution in [-0.2, 0) is 11.2 Å². The summed E-state index contributed by atoms with van der Waals surface area (Å²) in [6.07, 6.45) is 3.85. The first-order chi connectivity index (χ1) is 9.58. The lowest BCUT2D eigenvalue weighted by Crippen LogP contribution is -2.38. The summed E-state index contributed by atoms with van der Waals surface area (Å²) in [6.45, 7) is 6.30. The molecule has 0 saturated carbocycles. The van der Waals surface area contributed by atoms with Gasteiger partial charge in [0.05, 0.1) is 6.42 Å². The van der Waals surface area contributed by atoms with Crippen LogP contribution in [0.3, 0.4) is 0 Å². The lowest BCUT2D eigenvalue weighted by molar-refractivity contribution is -0.131. The predicted molar refractivity (Wildman–Crippen MR) is 82.9 cm³/mol. The highest BCUT2D eigenvalue weighted by molar-refractivity contribution is 5.78. The molecular weight excluding hydrogens is 248 g/mol. The molecule has 3 heteroatoms. The molecule has 0 aromatic heterocycles. The van der Waals surface area contributed by atoms with Crippen LogP contribution in [0.5, 0.6) is 0 Å². The molecule has 2 rings (SSSR count). The van der Waals surface area contributed by atoms with E-state index in [4.69, 9.17) is 0 Å². The van der Waals surface area contributed by atoms with E-state index in [0.29, 0.717) is 12.5 Å². The number of hydrogen-bond acceptors (Lipinski definition) is 2. The Bertz CT molecular complexity index is 462. The highest BCUT2D eigenvalue weighted by atomic mass is 16.2. The van der Waals surface area contributed by atoms with Crippen LogP contribution in [0.15, 0.2) is 18.2 Å². The molecule has 1 atom stereocenters. The molecule has 110 valence electrons. The molecule has 1 fully saturated rings. The van der Waals surface area contributed by atoms with Gasteiger partial charge in [0, 0.05) is 13.1 Å². The molecule has 0 radical (unpaired) electrons. The number of amides is 1. The largest absolute Gasteiger partial charge is 0.342 e. The first-order valence-electron chi connectivity index (χ1n) is 7.60. The normalized spacial score (nSPS) is 19.4. The molecule has 20 heavy (non-hydrogen) atoms. The van der Waals surface area contributed by atoms with E-state index in [1.165, 1.54) is 11.1 Å². The number of hydrogen-bond donors (Lipinski definition) is 1. The molecule has 1 aliphatic rings. The molecule has 1 aromatic carbocycles. The van der Waals surface area contributed by atoms with Crippen LogP contribution in [-0.4, -0.2) is 37.0 Å². The van der Waals surface area contributed by atoms with Crippen molar-refractivity contribution in [2.45, 2.75) is 45.6 Å².